The molecule has 0 aromatic carbocycles. The third-order valence-corrected chi connectivity index (χ3v) is 3.42. The highest BCUT2D eigenvalue weighted by molar-refractivity contribution is 7.11. The SMILES string of the molecule is CC(C)(C)CCc1nc(C(F)(F)F)c(CN)s1. The molecule has 0 aliphatic rings. The van der Waals surface area contributed by atoms with E-state index in [1.807, 2.05) is 0 Å². The van der Waals surface area contributed by atoms with Gasteiger partial charge < -0.3 is 5.73 Å². The lowest BCUT2D eigenvalue weighted by Crippen LogP contribution is -2.11. The molecule has 0 unspecified atom stereocenters. The highest BCUT2D eigenvalue weighted by atomic mass is 32.1. The Morgan fingerprint density at radius 3 is 2.18 bits per heavy atom. The van der Waals surface area contributed by atoms with Gasteiger partial charge in [-0.05, 0) is 18.3 Å². The van der Waals surface area contributed by atoms with Gasteiger partial charge >= 0.3 is 6.18 Å². The molecule has 0 aliphatic carbocycles. The van der Waals surface area contributed by atoms with Gasteiger partial charge in [-0.1, -0.05) is 20.8 Å². The molecule has 0 bridgehead atoms. The van der Waals surface area contributed by atoms with E-state index in [1.165, 1.54) is 0 Å². The van der Waals surface area contributed by atoms with Crippen molar-refractivity contribution in [3.05, 3.63) is 15.6 Å². The van der Waals surface area contributed by atoms with Crippen molar-refractivity contribution in [1.29, 1.82) is 0 Å². The van der Waals surface area contributed by atoms with Crippen LogP contribution in [0, 0.1) is 5.41 Å². The second kappa shape index (κ2) is 4.94. The minimum absolute atomic E-state index is 0.0902. The summed E-state index contributed by atoms with van der Waals surface area (Å²) in [6, 6.07) is 0. The molecular weight excluding hydrogens is 249 g/mol. The minimum atomic E-state index is -4.40. The summed E-state index contributed by atoms with van der Waals surface area (Å²) in [5, 5.41) is 0.521. The van der Waals surface area contributed by atoms with Crippen molar-refractivity contribution in [2.45, 2.75) is 46.3 Å². The zero-order valence-electron chi connectivity index (χ0n) is 10.2. The van der Waals surface area contributed by atoms with Crippen LogP contribution in [0.2, 0.25) is 0 Å². The number of halogens is 3. The number of hydrogen-bond acceptors (Lipinski definition) is 3. The Balaban J connectivity index is 2.86. The lowest BCUT2D eigenvalue weighted by Gasteiger charge is -2.16. The van der Waals surface area contributed by atoms with Crippen LogP contribution >= 0.6 is 11.3 Å². The van der Waals surface area contributed by atoms with Crippen LogP contribution in [0.25, 0.3) is 0 Å². The van der Waals surface area contributed by atoms with Crippen molar-refractivity contribution in [3.8, 4) is 0 Å². The van der Waals surface area contributed by atoms with Crippen molar-refractivity contribution in [2.24, 2.45) is 11.1 Å². The molecule has 0 spiro atoms. The van der Waals surface area contributed by atoms with Gasteiger partial charge in [0, 0.05) is 6.54 Å². The van der Waals surface area contributed by atoms with Crippen molar-refractivity contribution in [1.82, 2.24) is 4.98 Å². The summed E-state index contributed by atoms with van der Waals surface area (Å²) < 4.78 is 37.8. The third-order valence-electron chi connectivity index (χ3n) is 2.28. The van der Waals surface area contributed by atoms with Crippen LogP contribution in [0.15, 0.2) is 0 Å². The van der Waals surface area contributed by atoms with E-state index >= 15 is 0 Å². The first-order valence-corrected chi connectivity index (χ1v) is 6.21. The number of aromatic nitrogens is 1. The molecule has 0 saturated heterocycles. The summed E-state index contributed by atoms with van der Waals surface area (Å²) in [7, 11) is 0. The first-order valence-electron chi connectivity index (χ1n) is 5.39. The summed E-state index contributed by atoms with van der Waals surface area (Å²) in [6.45, 7) is 6.04. The van der Waals surface area contributed by atoms with Crippen LogP contribution in [0.1, 0.15) is 42.8 Å². The van der Waals surface area contributed by atoms with Crippen LogP contribution in [-0.2, 0) is 19.1 Å². The van der Waals surface area contributed by atoms with Crippen LogP contribution < -0.4 is 5.73 Å². The first kappa shape index (κ1) is 14.4. The predicted octanol–water partition coefficient (Wildman–Crippen LogP) is 3.60. The average Bonchev–Trinajstić information content (AvgIpc) is 2.56. The molecule has 98 valence electrons. The average molecular weight is 266 g/mol. The highest BCUT2D eigenvalue weighted by Crippen LogP contribution is 2.35. The Bertz CT molecular complexity index is 377. The number of hydrogen-bond donors (Lipinski definition) is 1. The van der Waals surface area contributed by atoms with E-state index in [1.54, 1.807) is 0 Å². The van der Waals surface area contributed by atoms with E-state index in [0.717, 1.165) is 17.8 Å². The lowest BCUT2D eigenvalue weighted by molar-refractivity contribution is -0.141. The molecule has 0 saturated carbocycles. The van der Waals surface area contributed by atoms with Gasteiger partial charge in [-0.15, -0.1) is 11.3 Å². The molecule has 2 N–H and O–H groups in total. The van der Waals surface area contributed by atoms with Crippen molar-refractivity contribution >= 4 is 11.3 Å². The predicted molar refractivity (Wildman–Crippen MR) is 62.8 cm³/mol. The van der Waals surface area contributed by atoms with E-state index < -0.39 is 11.9 Å². The maximum Gasteiger partial charge on any atom is 0.434 e. The van der Waals surface area contributed by atoms with E-state index in [4.69, 9.17) is 5.73 Å². The number of nitrogens with two attached hydrogens (primary N) is 1. The van der Waals surface area contributed by atoms with Gasteiger partial charge in [-0.2, -0.15) is 13.2 Å². The second-order valence-electron chi connectivity index (χ2n) is 5.14. The van der Waals surface area contributed by atoms with Gasteiger partial charge in [-0.3, -0.25) is 0 Å². The smallest absolute Gasteiger partial charge is 0.326 e. The standard InChI is InChI=1S/C11H17F3N2S/c1-10(2,3)5-4-8-16-9(11(12,13)14)7(6-15)17-8/h4-6,15H2,1-3H3. The van der Waals surface area contributed by atoms with Crippen molar-refractivity contribution in [3.63, 3.8) is 0 Å². The second-order valence-corrected chi connectivity index (χ2v) is 6.31. The van der Waals surface area contributed by atoms with Gasteiger partial charge in [0.15, 0.2) is 5.69 Å². The zero-order valence-corrected chi connectivity index (χ0v) is 11.0. The molecule has 0 radical (unpaired) electrons. The number of aryl methyl sites for hydroxylation is 1. The quantitative estimate of drug-likeness (QED) is 0.907. The number of rotatable bonds is 3. The molecule has 1 rings (SSSR count). The Hall–Kier alpha value is -0.620. The fourth-order valence-electron chi connectivity index (χ4n) is 1.35. The number of alkyl halides is 3. The number of nitrogens with zero attached hydrogens (tertiary/aromatic N) is 1. The fraction of sp³-hybridized carbons (Fsp3) is 0.727. The summed E-state index contributed by atoms with van der Waals surface area (Å²) in [5.74, 6) is 0. The van der Waals surface area contributed by atoms with E-state index in [0.29, 0.717) is 11.4 Å². The maximum absolute atomic E-state index is 12.6. The minimum Gasteiger partial charge on any atom is -0.326 e. The van der Waals surface area contributed by atoms with E-state index in [2.05, 4.69) is 25.8 Å². The molecule has 0 amide bonds. The topological polar surface area (TPSA) is 38.9 Å². The zero-order chi connectivity index (χ0) is 13.3. The Kier molecular flexibility index (Phi) is 4.19. The van der Waals surface area contributed by atoms with E-state index in [9.17, 15) is 13.2 Å². The molecule has 6 heteroatoms. The Morgan fingerprint density at radius 1 is 1.24 bits per heavy atom. The van der Waals surface area contributed by atoms with Crippen LogP contribution in [0.3, 0.4) is 0 Å². The molecule has 1 aromatic heterocycles. The summed E-state index contributed by atoms with van der Waals surface area (Å²) in [6.07, 6.45) is -3.02. The van der Waals surface area contributed by atoms with Gasteiger partial charge in [0.1, 0.15) is 0 Å². The largest absolute Gasteiger partial charge is 0.434 e. The molecule has 17 heavy (non-hydrogen) atoms. The van der Waals surface area contributed by atoms with Crippen LogP contribution in [-0.4, -0.2) is 4.98 Å². The fourth-order valence-corrected chi connectivity index (χ4v) is 2.32. The van der Waals surface area contributed by atoms with Crippen molar-refractivity contribution < 1.29 is 13.2 Å². The molecular formula is C11H17F3N2S. The normalized spacial score (nSPS) is 13.1. The summed E-state index contributed by atoms with van der Waals surface area (Å²) in [5.41, 5.74) is 4.59. The van der Waals surface area contributed by atoms with Crippen LogP contribution in [0.4, 0.5) is 13.2 Å². The first-order chi connectivity index (χ1) is 7.63. The highest BCUT2D eigenvalue weighted by Gasteiger charge is 2.36. The molecule has 0 aliphatic heterocycles. The van der Waals surface area contributed by atoms with Gasteiger partial charge in [0.05, 0.1) is 9.88 Å². The van der Waals surface area contributed by atoms with Gasteiger partial charge in [0.25, 0.3) is 0 Å². The summed E-state index contributed by atoms with van der Waals surface area (Å²) in [4.78, 5) is 3.80. The van der Waals surface area contributed by atoms with Crippen LogP contribution in [0.5, 0.6) is 0 Å². The Morgan fingerprint density at radius 2 is 1.82 bits per heavy atom. The summed E-state index contributed by atoms with van der Waals surface area (Å²) >= 11 is 1.07. The molecule has 1 heterocycles. The van der Waals surface area contributed by atoms with E-state index in [-0.39, 0.29) is 16.8 Å². The van der Waals surface area contributed by atoms with Crippen molar-refractivity contribution in [2.75, 3.05) is 0 Å². The maximum atomic E-state index is 12.6. The molecule has 1 aromatic rings. The molecule has 2 nitrogen and oxygen atoms in total. The monoisotopic (exact) mass is 266 g/mol. The Labute approximate surface area is 103 Å². The van der Waals surface area contributed by atoms with Gasteiger partial charge in [0.2, 0.25) is 0 Å². The lowest BCUT2D eigenvalue weighted by atomic mass is 9.91. The molecule has 0 fully saturated rings. The number of thiazole rings is 1. The molecule has 0 atom stereocenters. The third kappa shape index (κ3) is 4.27. The van der Waals surface area contributed by atoms with Gasteiger partial charge in [-0.25, -0.2) is 4.98 Å².